The molecule has 2 aromatic rings. The Morgan fingerprint density at radius 3 is 2.50 bits per heavy atom. The molecule has 1 aromatic carbocycles. The van der Waals surface area contributed by atoms with Crippen molar-refractivity contribution in [1.29, 1.82) is 0 Å². The fraction of sp³-hybridized carbons (Fsp3) is 0.444. The van der Waals surface area contributed by atoms with E-state index in [1.165, 1.54) is 10.6 Å². The molecule has 0 aliphatic heterocycles. The lowest BCUT2D eigenvalue weighted by molar-refractivity contribution is 0.685. The fourth-order valence-corrected chi connectivity index (χ4v) is 3.00. The van der Waals surface area contributed by atoms with E-state index in [9.17, 15) is 0 Å². The van der Waals surface area contributed by atoms with Crippen LogP contribution in [-0.4, -0.2) is 17.5 Å². The second kappa shape index (κ2) is 10.7. The summed E-state index contributed by atoms with van der Waals surface area (Å²) in [4.78, 5) is 9.30. The normalized spacial score (nSPS) is 12.6. The van der Waals surface area contributed by atoms with Crippen LogP contribution >= 0.6 is 35.3 Å². The van der Waals surface area contributed by atoms with Crippen LogP contribution in [0.2, 0.25) is 0 Å². The molecule has 0 saturated heterocycles. The maximum absolute atomic E-state index is 4.66. The van der Waals surface area contributed by atoms with Gasteiger partial charge in [0.25, 0.3) is 0 Å². The summed E-state index contributed by atoms with van der Waals surface area (Å²) in [5.41, 5.74) is 2.28. The van der Waals surface area contributed by atoms with E-state index in [4.69, 9.17) is 0 Å². The fourth-order valence-electron chi connectivity index (χ4n) is 2.17. The quantitative estimate of drug-likeness (QED) is 0.375. The summed E-state index contributed by atoms with van der Waals surface area (Å²) in [6.45, 7) is 9.98. The first-order valence-electron chi connectivity index (χ1n) is 8.14. The van der Waals surface area contributed by atoms with E-state index in [0.717, 1.165) is 18.2 Å². The Morgan fingerprint density at radius 1 is 1.21 bits per heavy atom. The number of hydrogen-bond acceptors (Lipinski definition) is 3. The van der Waals surface area contributed by atoms with Gasteiger partial charge >= 0.3 is 0 Å². The number of benzene rings is 1. The van der Waals surface area contributed by atoms with Gasteiger partial charge in [0.2, 0.25) is 0 Å². The highest BCUT2D eigenvalue weighted by atomic mass is 127. The minimum absolute atomic E-state index is 0. The van der Waals surface area contributed by atoms with Gasteiger partial charge in [-0.2, -0.15) is 0 Å². The van der Waals surface area contributed by atoms with E-state index in [2.05, 4.69) is 78.0 Å². The van der Waals surface area contributed by atoms with Crippen LogP contribution in [0.25, 0.3) is 0 Å². The van der Waals surface area contributed by atoms with Crippen LogP contribution < -0.4 is 10.6 Å². The molecule has 1 atom stereocenters. The highest BCUT2D eigenvalue weighted by Crippen LogP contribution is 2.19. The van der Waals surface area contributed by atoms with Crippen molar-refractivity contribution in [3.63, 3.8) is 0 Å². The molecule has 0 spiro atoms. The molecule has 0 bridgehead atoms. The predicted octanol–water partition coefficient (Wildman–Crippen LogP) is 4.70. The number of halogens is 1. The molecule has 6 heteroatoms. The lowest BCUT2D eigenvalue weighted by Crippen LogP contribution is -2.38. The van der Waals surface area contributed by atoms with E-state index in [0.29, 0.717) is 12.5 Å². The Kier molecular flexibility index (Phi) is 9.28. The van der Waals surface area contributed by atoms with Gasteiger partial charge in [-0.1, -0.05) is 44.2 Å². The van der Waals surface area contributed by atoms with Gasteiger partial charge in [-0.15, -0.1) is 35.3 Å². The first-order valence-corrected chi connectivity index (χ1v) is 9.02. The Morgan fingerprint density at radius 2 is 1.92 bits per heavy atom. The van der Waals surface area contributed by atoms with Gasteiger partial charge in [-0.25, -0.2) is 9.98 Å². The van der Waals surface area contributed by atoms with Crippen LogP contribution in [0.1, 0.15) is 55.9 Å². The Labute approximate surface area is 166 Å². The lowest BCUT2D eigenvalue weighted by atomic mass is 10.1. The summed E-state index contributed by atoms with van der Waals surface area (Å²) in [5.74, 6) is 1.30. The zero-order chi connectivity index (χ0) is 16.7. The van der Waals surface area contributed by atoms with Crippen LogP contribution in [-0.2, 0) is 6.54 Å². The van der Waals surface area contributed by atoms with E-state index in [1.807, 2.05) is 6.07 Å². The van der Waals surface area contributed by atoms with E-state index >= 15 is 0 Å². The van der Waals surface area contributed by atoms with Crippen molar-refractivity contribution in [2.24, 2.45) is 4.99 Å². The summed E-state index contributed by atoms with van der Waals surface area (Å²) < 4.78 is 0. The molecular weight excluding hydrogens is 431 g/mol. The van der Waals surface area contributed by atoms with Crippen LogP contribution in [0, 0.1) is 0 Å². The Balaban J connectivity index is 0.00000288. The van der Waals surface area contributed by atoms with Crippen molar-refractivity contribution >= 4 is 41.3 Å². The monoisotopic (exact) mass is 458 g/mol. The van der Waals surface area contributed by atoms with Gasteiger partial charge in [0.05, 0.1) is 23.3 Å². The molecule has 1 heterocycles. The predicted molar refractivity (Wildman–Crippen MR) is 114 cm³/mol. The third-order valence-electron chi connectivity index (χ3n) is 3.46. The highest BCUT2D eigenvalue weighted by molar-refractivity contribution is 14.0. The SMILES string of the molecule is CCNC(=NCc1csc(C(C)C)n1)NC(C)c1ccccc1.I. The molecule has 2 rings (SSSR count). The number of aliphatic imine (C=N–C) groups is 1. The molecule has 0 fully saturated rings. The summed E-state index contributed by atoms with van der Waals surface area (Å²) >= 11 is 1.71. The minimum atomic E-state index is 0. The van der Waals surface area contributed by atoms with E-state index in [1.54, 1.807) is 11.3 Å². The van der Waals surface area contributed by atoms with Gasteiger partial charge < -0.3 is 10.6 Å². The van der Waals surface area contributed by atoms with E-state index in [-0.39, 0.29) is 30.0 Å². The summed E-state index contributed by atoms with van der Waals surface area (Å²) in [7, 11) is 0. The minimum Gasteiger partial charge on any atom is -0.357 e. The van der Waals surface area contributed by atoms with Gasteiger partial charge in [-0.05, 0) is 19.4 Å². The molecule has 0 aliphatic rings. The maximum atomic E-state index is 4.66. The Bertz CT molecular complexity index is 625. The van der Waals surface area contributed by atoms with Gasteiger partial charge in [0.1, 0.15) is 0 Å². The molecule has 0 radical (unpaired) electrons. The molecule has 0 saturated carbocycles. The number of hydrogen-bond donors (Lipinski definition) is 2. The summed E-state index contributed by atoms with van der Waals surface area (Å²) in [6, 6.07) is 10.6. The van der Waals surface area contributed by atoms with Crippen molar-refractivity contribution < 1.29 is 0 Å². The average Bonchev–Trinajstić information content (AvgIpc) is 3.03. The van der Waals surface area contributed by atoms with Crippen molar-refractivity contribution in [1.82, 2.24) is 15.6 Å². The lowest BCUT2D eigenvalue weighted by Gasteiger charge is -2.18. The zero-order valence-electron chi connectivity index (χ0n) is 14.7. The molecule has 2 N–H and O–H groups in total. The molecule has 0 aliphatic carbocycles. The number of rotatable bonds is 6. The number of guanidine groups is 1. The molecule has 132 valence electrons. The van der Waals surface area contributed by atoms with Crippen molar-refractivity contribution in [2.45, 2.75) is 46.2 Å². The first-order chi connectivity index (χ1) is 11.1. The third-order valence-corrected chi connectivity index (χ3v) is 4.65. The molecule has 1 aromatic heterocycles. The molecule has 0 amide bonds. The van der Waals surface area contributed by atoms with Crippen LogP contribution in [0.15, 0.2) is 40.7 Å². The Hall–Kier alpha value is -1.15. The van der Waals surface area contributed by atoms with Crippen LogP contribution in [0.4, 0.5) is 0 Å². The number of nitrogens with one attached hydrogen (secondary N) is 2. The summed E-state index contributed by atoms with van der Waals surface area (Å²) in [6.07, 6.45) is 0. The number of aromatic nitrogens is 1. The first kappa shape index (κ1) is 20.9. The largest absolute Gasteiger partial charge is 0.357 e. The van der Waals surface area contributed by atoms with E-state index < -0.39 is 0 Å². The van der Waals surface area contributed by atoms with Crippen molar-refractivity contribution in [3.05, 3.63) is 52.0 Å². The second-order valence-electron chi connectivity index (χ2n) is 5.80. The van der Waals surface area contributed by atoms with Crippen LogP contribution in [0.3, 0.4) is 0 Å². The molecular formula is C18H27IN4S. The highest BCUT2D eigenvalue weighted by Gasteiger charge is 2.08. The van der Waals surface area contributed by atoms with Crippen molar-refractivity contribution in [3.8, 4) is 0 Å². The maximum Gasteiger partial charge on any atom is 0.192 e. The van der Waals surface area contributed by atoms with Gasteiger partial charge in [0, 0.05) is 17.8 Å². The summed E-state index contributed by atoms with van der Waals surface area (Å²) in [5, 5.41) is 10.0. The number of thiazole rings is 1. The van der Waals surface area contributed by atoms with Gasteiger partial charge in [-0.3, -0.25) is 0 Å². The van der Waals surface area contributed by atoms with Gasteiger partial charge in [0.15, 0.2) is 5.96 Å². The molecule has 1 unspecified atom stereocenters. The smallest absolute Gasteiger partial charge is 0.192 e. The second-order valence-corrected chi connectivity index (χ2v) is 6.69. The third kappa shape index (κ3) is 6.39. The van der Waals surface area contributed by atoms with Crippen molar-refractivity contribution in [2.75, 3.05) is 6.54 Å². The number of nitrogens with zero attached hydrogens (tertiary/aromatic N) is 2. The zero-order valence-corrected chi connectivity index (χ0v) is 17.9. The standard InChI is InChI=1S/C18H26N4S.HI/c1-5-19-18(21-14(4)15-9-7-6-8-10-15)20-11-16-12-23-17(22-16)13(2)3;/h6-10,12-14H,5,11H2,1-4H3,(H2,19,20,21);1H. The topological polar surface area (TPSA) is 49.3 Å². The average molecular weight is 458 g/mol. The molecule has 4 nitrogen and oxygen atoms in total. The van der Waals surface area contributed by atoms with Crippen LogP contribution in [0.5, 0.6) is 0 Å². The molecule has 24 heavy (non-hydrogen) atoms.